The highest BCUT2D eigenvalue weighted by molar-refractivity contribution is 4.90. The number of rotatable bonds is 3. The fraction of sp³-hybridized carbons (Fsp3) is 0.714. The Bertz CT molecular complexity index is 228. The molecule has 1 rings (SSSR count). The van der Waals surface area contributed by atoms with E-state index in [9.17, 15) is 0 Å². The number of hydrogen-bond donors (Lipinski definition) is 1. The van der Waals surface area contributed by atoms with Gasteiger partial charge in [-0.3, -0.25) is 0 Å². The zero-order chi connectivity index (χ0) is 8.81. The van der Waals surface area contributed by atoms with Crippen molar-refractivity contribution in [2.24, 2.45) is 5.11 Å². The van der Waals surface area contributed by atoms with Crippen LogP contribution in [-0.2, 0) is 4.74 Å². The molecule has 0 amide bonds. The zero-order valence-corrected chi connectivity index (χ0v) is 6.60. The van der Waals surface area contributed by atoms with Crippen LogP contribution in [0.1, 0.15) is 0 Å². The Kier molecular flexibility index (Phi) is 3.42. The van der Waals surface area contributed by atoms with Gasteiger partial charge in [0.1, 0.15) is 6.61 Å². The van der Waals surface area contributed by atoms with Crippen LogP contribution in [-0.4, -0.2) is 31.8 Å². The van der Waals surface area contributed by atoms with Gasteiger partial charge in [-0.1, -0.05) is 11.0 Å². The third-order valence-corrected chi connectivity index (χ3v) is 1.71. The van der Waals surface area contributed by atoms with Crippen molar-refractivity contribution in [3.63, 3.8) is 0 Å². The standard InChI is InChI=1S/C7H10N4O/c1-2-3-12-7-5-9-4-6(7)10-11-8/h1,6-7,9H,3-5H2/t6-,7-/m1/s1. The average molecular weight is 166 g/mol. The predicted octanol–water partition coefficient (Wildman–Crippen LogP) is 0.287. The zero-order valence-electron chi connectivity index (χ0n) is 6.60. The molecule has 1 fully saturated rings. The Hall–Kier alpha value is -1.21. The van der Waals surface area contributed by atoms with Crippen molar-refractivity contribution in [1.82, 2.24) is 5.32 Å². The summed E-state index contributed by atoms with van der Waals surface area (Å²) >= 11 is 0. The van der Waals surface area contributed by atoms with E-state index in [0.29, 0.717) is 13.1 Å². The highest BCUT2D eigenvalue weighted by Gasteiger charge is 2.26. The van der Waals surface area contributed by atoms with Crippen molar-refractivity contribution in [3.8, 4) is 12.3 Å². The molecule has 1 saturated heterocycles. The van der Waals surface area contributed by atoms with Crippen LogP contribution < -0.4 is 5.32 Å². The van der Waals surface area contributed by atoms with Crippen molar-refractivity contribution in [1.29, 1.82) is 0 Å². The van der Waals surface area contributed by atoms with Crippen LogP contribution in [0.5, 0.6) is 0 Å². The number of azide groups is 1. The van der Waals surface area contributed by atoms with E-state index in [1.165, 1.54) is 0 Å². The van der Waals surface area contributed by atoms with Gasteiger partial charge in [0.05, 0.1) is 12.1 Å². The van der Waals surface area contributed by atoms with Crippen molar-refractivity contribution < 1.29 is 4.74 Å². The maximum atomic E-state index is 8.20. The van der Waals surface area contributed by atoms with Gasteiger partial charge in [0.15, 0.2) is 0 Å². The number of ether oxygens (including phenoxy) is 1. The summed E-state index contributed by atoms with van der Waals surface area (Å²) in [6, 6.07) is -0.122. The summed E-state index contributed by atoms with van der Waals surface area (Å²) in [6.07, 6.45) is 4.95. The van der Waals surface area contributed by atoms with Crippen LogP contribution in [0.4, 0.5) is 0 Å². The number of nitrogens with one attached hydrogen (secondary N) is 1. The Morgan fingerprint density at radius 3 is 3.25 bits per heavy atom. The predicted molar refractivity (Wildman–Crippen MR) is 44.4 cm³/mol. The van der Waals surface area contributed by atoms with Gasteiger partial charge in [0.25, 0.3) is 0 Å². The van der Waals surface area contributed by atoms with Crippen LogP contribution in [0, 0.1) is 12.3 Å². The highest BCUT2D eigenvalue weighted by atomic mass is 16.5. The van der Waals surface area contributed by atoms with Gasteiger partial charge in [-0.25, -0.2) is 0 Å². The molecule has 1 aliphatic rings. The van der Waals surface area contributed by atoms with Gasteiger partial charge in [0, 0.05) is 18.0 Å². The molecule has 0 aromatic heterocycles. The van der Waals surface area contributed by atoms with Gasteiger partial charge < -0.3 is 10.1 Å². The van der Waals surface area contributed by atoms with E-state index in [1.54, 1.807) is 0 Å². The molecular formula is C7H10N4O. The maximum absolute atomic E-state index is 8.20. The molecule has 0 unspecified atom stereocenters. The summed E-state index contributed by atoms with van der Waals surface area (Å²) in [4.78, 5) is 2.73. The van der Waals surface area contributed by atoms with Crippen LogP contribution in [0.25, 0.3) is 10.4 Å². The smallest absolute Gasteiger partial charge is 0.107 e. The second-order valence-corrected chi connectivity index (χ2v) is 2.48. The first-order valence-corrected chi connectivity index (χ1v) is 3.68. The number of hydrogen-bond acceptors (Lipinski definition) is 3. The molecule has 12 heavy (non-hydrogen) atoms. The molecule has 2 atom stereocenters. The summed E-state index contributed by atoms with van der Waals surface area (Å²) in [6.45, 7) is 1.63. The molecule has 1 heterocycles. The second kappa shape index (κ2) is 4.62. The first-order chi connectivity index (χ1) is 5.88. The monoisotopic (exact) mass is 166 g/mol. The van der Waals surface area contributed by atoms with Crippen LogP contribution in [0.15, 0.2) is 5.11 Å². The molecule has 1 N–H and O–H groups in total. The Morgan fingerprint density at radius 2 is 2.58 bits per heavy atom. The molecule has 1 aliphatic heterocycles. The van der Waals surface area contributed by atoms with Gasteiger partial charge in [-0.2, -0.15) is 0 Å². The summed E-state index contributed by atoms with van der Waals surface area (Å²) in [5, 5.41) is 6.64. The van der Waals surface area contributed by atoms with E-state index in [1.807, 2.05) is 0 Å². The molecule has 5 nitrogen and oxygen atoms in total. The number of terminal acetylenes is 1. The molecule has 0 bridgehead atoms. The lowest BCUT2D eigenvalue weighted by Gasteiger charge is -2.12. The van der Waals surface area contributed by atoms with Crippen molar-refractivity contribution in [2.75, 3.05) is 19.7 Å². The van der Waals surface area contributed by atoms with Crippen LogP contribution in [0.2, 0.25) is 0 Å². The van der Waals surface area contributed by atoms with E-state index in [-0.39, 0.29) is 18.8 Å². The van der Waals surface area contributed by atoms with Crippen LogP contribution in [0.3, 0.4) is 0 Å². The van der Waals surface area contributed by atoms with E-state index in [2.05, 4.69) is 21.3 Å². The molecular weight excluding hydrogens is 156 g/mol. The van der Waals surface area contributed by atoms with E-state index < -0.39 is 0 Å². The molecule has 0 radical (unpaired) electrons. The Balaban J connectivity index is 2.41. The molecule has 5 heteroatoms. The molecule has 0 aromatic rings. The fourth-order valence-electron chi connectivity index (χ4n) is 1.15. The fourth-order valence-corrected chi connectivity index (χ4v) is 1.15. The summed E-state index contributed by atoms with van der Waals surface area (Å²) < 4.78 is 5.25. The minimum Gasteiger partial charge on any atom is -0.364 e. The van der Waals surface area contributed by atoms with Crippen molar-refractivity contribution in [2.45, 2.75) is 12.1 Å². The lowest BCUT2D eigenvalue weighted by Crippen LogP contribution is -2.25. The van der Waals surface area contributed by atoms with Crippen LogP contribution >= 0.6 is 0 Å². The van der Waals surface area contributed by atoms with Crippen molar-refractivity contribution >= 4 is 0 Å². The first kappa shape index (κ1) is 8.88. The highest BCUT2D eigenvalue weighted by Crippen LogP contribution is 2.08. The average Bonchev–Trinajstić information content (AvgIpc) is 2.50. The quantitative estimate of drug-likeness (QED) is 0.283. The Morgan fingerprint density at radius 1 is 1.75 bits per heavy atom. The molecule has 0 aromatic carbocycles. The van der Waals surface area contributed by atoms with E-state index in [4.69, 9.17) is 16.7 Å². The first-order valence-electron chi connectivity index (χ1n) is 3.68. The second-order valence-electron chi connectivity index (χ2n) is 2.48. The largest absolute Gasteiger partial charge is 0.364 e. The molecule has 64 valence electrons. The summed E-state index contributed by atoms with van der Waals surface area (Å²) in [5.41, 5.74) is 8.20. The lowest BCUT2D eigenvalue weighted by atomic mass is 10.2. The molecule has 0 saturated carbocycles. The summed E-state index contributed by atoms with van der Waals surface area (Å²) in [5.74, 6) is 2.37. The normalized spacial score (nSPS) is 27.6. The molecule has 0 aliphatic carbocycles. The maximum Gasteiger partial charge on any atom is 0.107 e. The minimum atomic E-state index is -0.122. The Labute approximate surface area is 70.7 Å². The SMILES string of the molecule is C#CCO[C@@H]1CNC[C@H]1N=[N+]=[N-]. The number of nitrogens with zero attached hydrogens (tertiary/aromatic N) is 3. The molecule has 0 spiro atoms. The van der Waals surface area contributed by atoms with Gasteiger partial charge in [0.2, 0.25) is 0 Å². The van der Waals surface area contributed by atoms with Gasteiger partial charge in [-0.05, 0) is 5.53 Å². The minimum absolute atomic E-state index is 0.0723. The van der Waals surface area contributed by atoms with E-state index in [0.717, 1.165) is 0 Å². The third-order valence-electron chi connectivity index (χ3n) is 1.71. The third kappa shape index (κ3) is 2.14. The lowest BCUT2D eigenvalue weighted by molar-refractivity contribution is 0.0823. The summed E-state index contributed by atoms with van der Waals surface area (Å²) in [7, 11) is 0. The van der Waals surface area contributed by atoms with Gasteiger partial charge >= 0.3 is 0 Å². The van der Waals surface area contributed by atoms with Gasteiger partial charge in [-0.15, -0.1) is 6.42 Å². The topological polar surface area (TPSA) is 70.0 Å². The van der Waals surface area contributed by atoms with E-state index >= 15 is 0 Å². The van der Waals surface area contributed by atoms with Crippen molar-refractivity contribution in [3.05, 3.63) is 10.4 Å².